The number of para-hydroxylation sites is 2. The number of rotatable bonds is 24. The van der Waals surface area contributed by atoms with Gasteiger partial charge in [-0.3, -0.25) is 0 Å². The van der Waals surface area contributed by atoms with Gasteiger partial charge in [0.2, 0.25) is 29.1 Å². The van der Waals surface area contributed by atoms with Gasteiger partial charge in [0, 0.05) is 65.4 Å². The average molecular weight is 2250 g/mol. The summed E-state index contributed by atoms with van der Waals surface area (Å²) in [7, 11) is 11.0. The average Bonchev–Trinajstić information content (AvgIpc) is 0.784. The van der Waals surface area contributed by atoms with Crippen LogP contribution in [0.15, 0.2) is 152 Å². The summed E-state index contributed by atoms with van der Waals surface area (Å²) in [6, 6.07) is 40.7. The van der Waals surface area contributed by atoms with Crippen molar-refractivity contribution < 1.29 is 170 Å². The van der Waals surface area contributed by atoms with Crippen molar-refractivity contribution in [1.29, 1.82) is 0 Å². The lowest BCUT2D eigenvalue weighted by Crippen LogP contribution is -2.22. The molecule has 10 nitrogen and oxygen atoms in total. The van der Waals surface area contributed by atoms with Gasteiger partial charge in [0.25, 0.3) is 0 Å². The Balaban J connectivity index is 0.000000212. The Kier molecular flexibility index (Phi) is 44.9. The number of aryl methyl sites for hydroxylation is 6. The molecule has 0 heterocycles. The van der Waals surface area contributed by atoms with Crippen LogP contribution in [0.4, 0.5) is 123 Å². The summed E-state index contributed by atoms with van der Waals surface area (Å²) < 4.78 is 428. The van der Waals surface area contributed by atoms with Crippen LogP contribution < -0.4 is 122 Å². The quantitative estimate of drug-likeness (QED) is 0.0252. The Bertz CT molecular complexity index is 7020. The topological polar surface area (TPSA) is 92.3 Å². The first-order valence-electron chi connectivity index (χ1n) is 42.7. The van der Waals surface area contributed by atoms with Crippen molar-refractivity contribution in [3.63, 3.8) is 0 Å². The zero-order valence-corrected chi connectivity index (χ0v) is 88.6. The van der Waals surface area contributed by atoms with Crippen molar-refractivity contribution in [1.82, 2.24) is 0 Å². The highest BCUT2D eigenvalue weighted by molar-refractivity contribution is 7.57. The lowest BCUT2D eigenvalue weighted by Gasteiger charge is -2.25. The number of benzene rings is 14. The van der Waals surface area contributed by atoms with Crippen LogP contribution in [0.1, 0.15) is 59.7 Å². The van der Waals surface area contributed by atoms with Crippen LogP contribution in [0.25, 0.3) is 0 Å². The smallest absolute Gasteiger partial charge is 0.200 e. The highest BCUT2D eigenvalue weighted by Crippen LogP contribution is 2.40. The Labute approximate surface area is 850 Å². The molecule has 0 amide bonds. The second-order valence-corrected chi connectivity index (χ2v) is 41.1. The zero-order valence-electron chi connectivity index (χ0n) is 81.6. The molecule has 7 unspecified atom stereocenters. The van der Waals surface area contributed by atoms with Gasteiger partial charge in [0.1, 0.15) is 63.4 Å². The van der Waals surface area contributed by atoms with Crippen LogP contribution >= 0.6 is 60.1 Å². The maximum Gasteiger partial charge on any atom is 0.200 e. The molecule has 7 atom stereocenters. The molecule has 0 aliphatic rings. The molecule has 0 N–H and O–H groups in total. The van der Waals surface area contributed by atoms with E-state index in [9.17, 15) is 123 Å². The van der Waals surface area contributed by atoms with Crippen molar-refractivity contribution in [2.45, 2.75) is 67.7 Å². The first-order valence-corrected chi connectivity index (χ1v) is 49.7. The van der Waals surface area contributed by atoms with E-state index in [0.29, 0.717) is 94.3 Å². The van der Waals surface area contributed by atoms with Gasteiger partial charge in [-0.25, -0.2) is 123 Å². The van der Waals surface area contributed by atoms with Crippen LogP contribution in [0.2, 0.25) is 0 Å². The Hall–Kier alpha value is -11.9. The van der Waals surface area contributed by atoms with Crippen molar-refractivity contribution in [3.05, 3.63) is 353 Å². The number of hydrogen-bond donors (Lipinski definition) is 0. The molecule has 0 saturated carbocycles. The van der Waals surface area contributed by atoms with E-state index in [4.69, 9.17) is 47.4 Å². The second-order valence-electron chi connectivity index (χ2n) is 32.0. The highest BCUT2D eigenvalue weighted by Gasteiger charge is 2.34. The van der Waals surface area contributed by atoms with Crippen LogP contribution in [0.5, 0.6) is 57.5 Å². The number of ether oxygens (including phenoxy) is 10. The molecule has 0 bridgehead atoms. The molecule has 0 fully saturated rings. The molecule has 149 heavy (non-hydrogen) atoms. The fourth-order valence-electron chi connectivity index (χ4n) is 13.6. The van der Waals surface area contributed by atoms with Gasteiger partial charge in [0.05, 0.1) is 97.6 Å². The summed E-state index contributed by atoms with van der Waals surface area (Å²) in [4.78, 5) is 0. The first-order chi connectivity index (χ1) is 70.2. The Morgan fingerprint density at radius 2 is 0.490 bits per heavy atom. The molecule has 0 saturated heterocycles. The lowest BCUT2D eigenvalue weighted by atomic mass is 9.85. The molecule has 796 valence electrons. The van der Waals surface area contributed by atoms with Crippen molar-refractivity contribution in [2.24, 2.45) is 0 Å². The van der Waals surface area contributed by atoms with Gasteiger partial charge in [-0.2, -0.15) is 0 Å². The molecular formula is C104H89F28O10P7. The number of methoxy groups -OCH3 is 10. The van der Waals surface area contributed by atoms with Crippen LogP contribution in [0, 0.1) is 204 Å². The molecular weight excluding hydrogens is 2160 g/mol. The molecule has 0 aromatic heterocycles. The lowest BCUT2D eigenvalue weighted by molar-refractivity contribution is 0.351. The number of hydrogen-bond acceptors (Lipinski definition) is 10. The molecule has 0 spiro atoms. The fraction of sp³-hybridized carbons (Fsp3) is 0.192. The van der Waals surface area contributed by atoms with Gasteiger partial charge < -0.3 is 47.4 Å². The largest absolute Gasteiger partial charge is 0.497 e. The standard InChI is InChI=1S/C18H18F5OP.C15H12F5OP.C15H15F2O3P.C15H16FO2P.2C14H10F5OP.C13H8F5OP/c1-8-6-9(18(2,3)4)16(24-5)10(7-8)25-17-14(22)12(20)11(19)13(21)15(17)23;1-6-4-7(2)14(21-3)8(5-6)22-15-12(19)10(17)9(16)11(18)13(15)20;1-18-10-7-12(19-2)15(20-3)14(8-10)21-13-5-4-9(16)6-11(13)17;1-10-4-7-14(12(16)8-10)19-15-9-11(17-2)5-6-13(15)18-3;1-6-3-4-7(20-2)8(5-6)21-14-12(18)10(16)9(15)11(17)13(14)19;1-6-4-3-5-7(13(6)20-2)21-14-11(18)9(16)8(15)10(17)12(14)19;1-19-6-4-2-3-5-7(6)20-13-11(17)9(15)8(14)10(16)12(13)18/h6-7,25H,1-5H3;4-5,22H,1-3H3;4-8,21H,1-3H3;4-9,19H,1-3H3;2*3-5,21H,1-2H3;2-5,20H,1H3. The maximum atomic E-state index is 14.0. The fourth-order valence-corrected chi connectivity index (χ4v) is 22.5. The SMILES string of the molecule is COc1c(C)cc(C)cc1Pc1c(F)c(F)c(F)c(F)c1F.COc1c(C)cccc1Pc1c(F)c(F)c(F)c(F)c1F.COc1c(Pc2c(F)c(F)c(F)c(F)c2F)cc(C)cc1C(C)(C)C.COc1cc(OC)c(OC)c(Pc2ccc(F)cc2F)c1.COc1ccc(C)cc1Pc1c(F)c(F)c(F)c(F)c1F.COc1ccc(OC)c(Pc2ccc(C)cc2F)c1.COc1ccccc1Pc1c(F)c(F)c(F)c(F)c1F. The Morgan fingerprint density at radius 1 is 0.188 bits per heavy atom. The predicted molar refractivity (Wildman–Crippen MR) is 535 cm³/mol. The van der Waals surface area contributed by atoms with Crippen molar-refractivity contribution in [3.8, 4) is 57.5 Å². The zero-order chi connectivity index (χ0) is 111. The van der Waals surface area contributed by atoms with Gasteiger partial charge in [-0.15, -0.1) is 0 Å². The third-order valence-corrected chi connectivity index (χ3v) is 30.2. The minimum Gasteiger partial charge on any atom is -0.497 e. The van der Waals surface area contributed by atoms with Crippen molar-refractivity contribution in [2.75, 3.05) is 71.1 Å². The van der Waals surface area contributed by atoms with E-state index >= 15 is 0 Å². The van der Waals surface area contributed by atoms with Crippen molar-refractivity contribution >= 4 is 134 Å². The van der Waals surface area contributed by atoms with Gasteiger partial charge in [-0.05, 0) is 190 Å². The second kappa shape index (κ2) is 54.7. The van der Waals surface area contributed by atoms with Crippen LogP contribution in [-0.4, -0.2) is 71.1 Å². The van der Waals surface area contributed by atoms with E-state index in [1.807, 2.05) is 64.1 Å². The number of halogens is 28. The molecule has 14 aromatic rings. The highest BCUT2D eigenvalue weighted by atomic mass is 31.1. The molecule has 14 rings (SSSR count). The summed E-state index contributed by atoms with van der Waals surface area (Å²) in [5, 5.41) is 0.306. The third-order valence-electron chi connectivity index (χ3n) is 20.8. The molecule has 0 aliphatic carbocycles. The summed E-state index contributed by atoms with van der Waals surface area (Å²) in [6.45, 7) is 16.4. The third kappa shape index (κ3) is 29.7. The minimum absolute atomic E-state index is 0.0503. The Morgan fingerprint density at radius 3 is 0.886 bits per heavy atom. The van der Waals surface area contributed by atoms with Gasteiger partial charge in [0.15, 0.2) is 128 Å². The minimum atomic E-state index is -2.16. The molecule has 0 radical (unpaired) electrons. The van der Waals surface area contributed by atoms with Crippen LogP contribution in [-0.2, 0) is 5.41 Å². The molecule has 45 heteroatoms. The molecule has 14 aromatic carbocycles. The normalized spacial score (nSPS) is 11.4. The first kappa shape index (κ1) is 122. The predicted octanol–water partition coefficient (Wildman–Crippen LogP) is 23.3. The van der Waals surface area contributed by atoms with E-state index in [2.05, 4.69) is 0 Å². The monoisotopic (exact) mass is 2250 g/mol. The van der Waals surface area contributed by atoms with Gasteiger partial charge in [-0.1, -0.05) is 110 Å². The maximum absolute atomic E-state index is 14.0. The van der Waals surface area contributed by atoms with Crippen LogP contribution in [0.3, 0.4) is 0 Å². The van der Waals surface area contributed by atoms with E-state index in [1.165, 1.54) is 87.2 Å². The molecule has 0 aliphatic heterocycles. The summed E-state index contributed by atoms with van der Waals surface area (Å²) in [5.41, 5.74) is 5.18. The van der Waals surface area contributed by atoms with E-state index in [0.717, 1.165) is 56.0 Å². The summed E-state index contributed by atoms with van der Waals surface area (Å²) >= 11 is 0. The summed E-state index contributed by atoms with van der Waals surface area (Å²) in [6.07, 6.45) is 0. The van der Waals surface area contributed by atoms with Gasteiger partial charge >= 0.3 is 0 Å². The van der Waals surface area contributed by atoms with E-state index in [-0.39, 0.29) is 28.4 Å². The van der Waals surface area contributed by atoms with E-state index in [1.54, 1.807) is 128 Å². The summed E-state index contributed by atoms with van der Waals surface area (Å²) in [5.74, 6) is -44.8. The van der Waals surface area contributed by atoms with E-state index < -0.39 is 226 Å².